The van der Waals surface area contributed by atoms with Gasteiger partial charge in [-0.2, -0.15) is 0 Å². The predicted molar refractivity (Wildman–Crippen MR) is 83.2 cm³/mol. The van der Waals surface area contributed by atoms with Crippen LogP contribution in [0.25, 0.3) is 0 Å². The Kier molecular flexibility index (Phi) is 6.61. The average molecular weight is 332 g/mol. The van der Waals surface area contributed by atoms with Crippen LogP contribution in [0.3, 0.4) is 0 Å². The standard InChI is InChI=1S/C15H19Cl2NO3/c16-6-9-20-13-4-7-18(8-5-13)15(19)11-21-14-3-1-2-12(17)10-14/h1-3,10,13H,4-9,11H2. The van der Waals surface area contributed by atoms with E-state index in [0.29, 0.717) is 36.3 Å². The van der Waals surface area contributed by atoms with E-state index in [-0.39, 0.29) is 18.6 Å². The lowest BCUT2D eigenvalue weighted by atomic mass is 10.1. The summed E-state index contributed by atoms with van der Waals surface area (Å²) in [5, 5.41) is 0.595. The highest BCUT2D eigenvalue weighted by Gasteiger charge is 2.23. The highest BCUT2D eigenvalue weighted by Crippen LogP contribution is 2.18. The van der Waals surface area contributed by atoms with E-state index in [0.717, 1.165) is 12.8 Å². The van der Waals surface area contributed by atoms with Crippen molar-refractivity contribution in [1.82, 2.24) is 4.90 Å². The van der Waals surface area contributed by atoms with Crippen molar-refractivity contribution >= 4 is 29.1 Å². The number of carbonyl (C=O) groups excluding carboxylic acids is 1. The molecule has 21 heavy (non-hydrogen) atoms. The maximum atomic E-state index is 12.1. The van der Waals surface area contributed by atoms with Crippen LogP contribution in [-0.4, -0.2) is 49.1 Å². The normalized spacial score (nSPS) is 16.0. The Bertz CT molecular complexity index is 462. The molecule has 6 heteroatoms. The predicted octanol–water partition coefficient (Wildman–Crippen LogP) is 2.97. The van der Waals surface area contributed by atoms with Gasteiger partial charge in [-0.25, -0.2) is 0 Å². The molecule has 0 unspecified atom stereocenters. The molecule has 1 heterocycles. The topological polar surface area (TPSA) is 38.8 Å². The van der Waals surface area contributed by atoms with Crippen molar-refractivity contribution in [2.45, 2.75) is 18.9 Å². The molecule has 4 nitrogen and oxygen atoms in total. The third kappa shape index (κ3) is 5.38. The monoisotopic (exact) mass is 331 g/mol. The minimum atomic E-state index is -0.00855. The second-order valence-corrected chi connectivity index (χ2v) is 5.70. The number of amides is 1. The average Bonchev–Trinajstić information content (AvgIpc) is 2.51. The lowest BCUT2D eigenvalue weighted by Crippen LogP contribution is -2.43. The number of carbonyl (C=O) groups is 1. The van der Waals surface area contributed by atoms with Gasteiger partial charge in [0.1, 0.15) is 5.75 Å². The van der Waals surface area contributed by atoms with Gasteiger partial charge < -0.3 is 14.4 Å². The molecule has 0 aromatic heterocycles. The molecule has 0 atom stereocenters. The number of piperidine rings is 1. The van der Waals surface area contributed by atoms with E-state index >= 15 is 0 Å². The van der Waals surface area contributed by atoms with E-state index in [4.69, 9.17) is 32.7 Å². The van der Waals surface area contributed by atoms with Gasteiger partial charge in [0, 0.05) is 24.0 Å². The van der Waals surface area contributed by atoms with E-state index in [1.54, 1.807) is 24.3 Å². The number of nitrogens with zero attached hydrogens (tertiary/aromatic N) is 1. The Morgan fingerprint density at radius 3 is 2.76 bits per heavy atom. The van der Waals surface area contributed by atoms with E-state index in [1.807, 2.05) is 4.90 Å². The molecule has 0 radical (unpaired) electrons. The van der Waals surface area contributed by atoms with Crippen LogP contribution in [0.4, 0.5) is 0 Å². The van der Waals surface area contributed by atoms with E-state index in [2.05, 4.69) is 0 Å². The van der Waals surface area contributed by atoms with Crippen LogP contribution in [0.1, 0.15) is 12.8 Å². The third-order valence-corrected chi connectivity index (χ3v) is 3.77. The molecule has 1 fully saturated rings. The summed E-state index contributed by atoms with van der Waals surface area (Å²) >= 11 is 11.5. The molecule has 0 saturated carbocycles. The van der Waals surface area contributed by atoms with E-state index < -0.39 is 0 Å². The van der Waals surface area contributed by atoms with Crippen LogP contribution in [0.5, 0.6) is 5.75 Å². The molecule has 1 aliphatic heterocycles. The fourth-order valence-corrected chi connectivity index (χ4v) is 2.55. The molecule has 0 spiro atoms. The van der Waals surface area contributed by atoms with Crippen LogP contribution in [0.15, 0.2) is 24.3 Å². The smallest absolute Gasteiger partial charge is 0.260 e. The van der Waals surface area contributed by atoms with Crippen LogP contribution >= 0.6 is 23.2 Å². The number of benzene rings is 1. The zero-order valence-corrected chi connectivity index (χ0v) is 13.3. The van der Waals surface area contributed by atoms with Gasteiger partial charge in [0.05, 0.1) is 12.7 Å². The van der Waals surface area contributed by atoms with Gasteiger partial charge in [0.2, 0.25) is 0 Å². The van der Waals surface area contributed by atoms with Gasteiger partial charge in [-0.1, -0.05) is 17.7 Å². The number of likely N-dealkylation sites (tertiary alicyclic amines) is 1. The van der Waals surface area contributed by atoms with Crippen LogP contribution in [-0.2, 0) is 9.53 Å². The molecule has 2 rings (SSSR count). The number of rotatable bonds is 6. The maximum absolute atomic E-state index is 12.1. The summed E-state index contributed by atoms with van der Waals surface area (Å²) in [6.45, 7) is 2.00. The van der Waals surface area contributed by atoms with Gasteiger partial charge in [-0.05, 0) is 31.0 Å². The van der Waals surface area contributed by atoms with Crippen molar-refractivity contribution in [2.24, 2.45) is 0 Å². The van der Waals surface area contributed by atoms with Gasteiger partial charge >= 0.3 is 0 Å². The van der Waals surface area contributed by atoms with Crippen LogP contribution in [0, 0.1) is 0 Å². The molecule has 116 valence electrons. The Labute approximate surface area is 134 Å². The number of hydrogen-bond acceptors (Lipinski definition) is 3. The molecule has 1 saturated heterocycles. The molecule has 1 aromatic carbocycles. The van der Waals surface area contributed by atoms with Crippen molar-refractivity contribution in [3.8, 4) is 5.75 Å². The number of alkyl halides is 1. The summed E-state index contributed by atoms with van der Waals surface area (Å²) in [6, 6.07) is 7.04. The Morgan fingerprint density at radius 1 is 1.33 bits per heavy atom. The fourth-order valence-electron chi connectivity index (χ4n) is 2.28. The summed E-state index contributed by atoms with van der Waals surface area (Å²) in [4.78, 5) is 13.9. The first kappa shape index (κ1) is 16.4. The van der Waals surface area contributed by atoms with Gasteiger partial charge in [-0.3, -0.25) is 4.79 Å². The first-order valence-electron chi connectivity index (χ1n) is 7.03. The van der Waals surface area contributed by atoms with Crippen molar-refractivity contribution in [3.05, 3.63) is 29.3 Å². The molecule has 0 aliphatic carbocycles. The summed E-state index contributed by atoms with van der Waals surface area (Å²) < 4.78 is 11.1. The summed E-state index contributed by atoms with van der Waals surface area (Å²) in [7, 11) is 0. The molecule has 1 aliphatic rings. The van der Waals surface area contributed by atoms with Gasteiger partial charge in [0.15, 0.2) is 6.61 Å². The Balaban J connectivity index is 1.72. The highest BCUT2D eigenvalue weighted by atomic mass is 35.5. The maximum Gasteiger partial charge on any atom is 0.260 e. The van der Waals surface area contributed by atoms with E-state index in [9.17, 15) is 4.79 Å². The SMILES string of the molecule is O=C(COc1cccc(Cl)c1)N1CCC(OCCCl)CC1. The molecule has 0 bridgehead atoms. The number of ether oxygens (including phenoxy) is 2. The number of halogens is 2. The Morgan fingerprint density at radius 2 is 2.10 bits per heavy atom. The third-order valence-electron chi connectivity index (χ3n) is 3.38. The second kappa shape index (κ2) is 8.47. The minimum absolute atomic E-state index is 0.00855. The van der Waals surface area contributed by atoms with Crippen LogP contribution < -0.4 is 4.74 Å². The molecule has 1 amide bonds. The van der Waals surface area contributed by atoms with E-state index in [1.165, 1.54) is 0 Å². The Hall–Kier alpha value is -0.970. The van der Waals surface area contributed by atoms with Crippen molar-refractivity contribution in [2.75, 3.05) is 32.2 Å². The zero-order chi connectivity index (χ0) is 15.1. The van der Waals surface area contributed by atoms with Crippen molar-refractivity contribution < 1.29 is 14.3 Å². The zero-order valence-electron chi connectivity index (χ0n) is 11.8. The lowest BCUT2D eigenvalue weighted by molar-refractivity contribution is -0.135. The molecule has 1 aromatic rings. The van der Waals surface area contributed by atoms with Crippen molar-refractivity contribution in [1.29, 1.82) is 0 Å². The van der Waals surface area contributed by atoms with Gasteiger partial charge in [0.25, 0.3) is 5.91 Å². The fraction of sp³-hybridized carbons (Fsp3) is 0.533. The van der Waals surface area contributed by atoms with Crippen molar-refractivity contribution in [3.63, 3.8) is 0 Å². The largest absolute Gasteiger partial charge is 0.484 e. The van der Waals surface area contributed by atoms with Gasteiger partial charge in [-0.15, -0.1) is 11.6 Å². The summed E-state index contributed by atoms with van der Waals surface area (Å²) in [5.74, 6) is 1.11. The molecule has 0 N–H and O–H groups in total. The highest BCUT2D eigenvalue weighted by molar-refractivity contribution is 6.30. The molecular formula is C15H19Cl2NO3. The summed E-state index contributed by atoms with van der Waals surface area (Å²) in [6.07, 6.45) is 1.90. The quantitative estimate of drug-likeness (QED) is 0.752. The molecular weight excluding hydrogens is 313 g/mol. The lowest BCUT2D eigenvalue weighted by Gasteiger charge is -2.31. The number of hydrogen-bond donors (Lipinski definition) is 0. The second-order valence-electron chi connectivity index (χ2n) is 4.89. The summed E-state index contributed by atoms with van der Waals surface area (Å²) in [5.41, 5.74) is 0. The van der Waals surface area contributed by atoms with Crippen LogP contribution in [0.2, 0.25) is 5.02 Å². The minimum Gasteiger partial charge on any atom is -0.484 e. The first-order chi connectivity index (χ1) is 10.2. The first-order valence-corrected chi connectivity index (χ1v) is 7.94.